The van der Waals surface area contributed by atoms with Gasteiger partial charge in [-0.2, -0.15) is 0 Å². The summed E-state index contributed by atoms with van der Waals surface area (Å²) in [6.45, 7) is 1.10. The SMILES string of the molecule is O=C(Nc1ccccc1)OCC1CCCO1.[HH]. The summed E-state index contributed by atoms with van der Waals surface area (Å²) in [7, 11) is 0. The van der Waals surface area contributed by atoms with Crippen molar-refractivity contribution < 1.29 is 15.7 Å². The molecule has 88 valence electrons. The van der Waals surface area contributed by atoms with Crippen molar-refractivity contribution >= 4 is 11.8 Å². The molecule has 0 spiro atoms. The molecule has 1 unspecified atom stereocenters. The van der Waals surface area contributed by atoms with Crippen LogP contribution in [0.1, 0.15) is 14.3 Å². The van der Waals surface area contributed by atoms with Gasteiger partial charge in [0.1, 0.15) is 6.61 Å². The van der Waals surface area contributed by atoms with Crippen LogP contribution in [0.2, 0.25) is 0 Å². The van der Waals surface area contributed by atoms with Crippen LogP contribution < -0.4 is 5.32 Å². The first kappa shape index (κ1) is 11.0. The maximum atomic E-state index is 11.4. The van der Waals surface area contributed by atoms with E-state index in [9.17, 15) is 4.79 Å². The van der Waals surface area contributed by atoms with Gasteiger partial charge >= 0.3 is 6.09 Å². The van der Waals surface area contributed by atoms with E-state index >= 15 is 0 Å². The summed E-state index contributed by atoms with van der Waals surface area (Å²) >= 11 is 0. The molecule has 0 aliphatic carbocycles. The summed E-state index contributed by atoms with van der Waals surface area (Å²) in [5, 5.41) is 2.65. The van der Waals surface area contributed by atoms with E-state index in [1.807, 2.05) is 30.3 Å². The highest BCUT2D eigenvalue weighted by Crippen LogP contribution is 2.12. The Morgan fingerprint density at radius 1 is 1.50 bits per heavy atom. The van der Waals surface area contributed by atoms with Gasteiger partial charge in [0.2, 0.25) is 0 Å². The number of ether oxygens (including phenoxy) is 2. The fourth-order valence-corrected chi connectivity index (χ4v) is 1.62. The van der Waals surface area contributed by atoms with Crippen molar-refractivity contribution in [2.24, 2.45) is 0 Å². The molecule has 1 N–H and O–H groups in total. The van der Waals surface area contributed by atoms with Crippen LogP contribution in [-0.2, 0) is 9.47 Å². The molecule has 1 aliphatic heterocycles. The van der Waals surface area contributed by atoms with Crippen LogP contribution in [0.4, 0.5) is 10.5 Å². The van der Waals surface area contributed by atoms with Crippen molar-refractivity contribution in [3.63, 3.8) is 0 Å². The maximum Gasteiger partial charge on any atom is 0.411 e. The Morgan fingerprint density at radius 3 is 3.00 bits per heavy atom. The Kier molecular flexibility index (Phi) is 3.77. The lowest BCUT2D eigenvalue weighted by Gasteiger charge is -2.10. The molecule has 0 bridgehead atoms. The Balaban J connectivity index is 0.00000144. The molecule has 1 heterocycles. The standard InChI is InChI=1S/C12H15NO3.H2/c14-12(13-10-5-2-1-3-6-10)16-9-11-7-4-8-15-11;/h1-3,5-6,11H,4,7-9H2,(H,13,14);1H. The first-order valence-electron chi connectivity index (χ1n) is 5.45. The summed E-state index contributed by atoms with van der Waals surface area (Å²) in [4.78, 5) is 11.4. The topological polar surface area (TPSA) is 47.6 Å². The molecule has 1 aliphatic rings. The number of rotatable bonds is 3. The summed E-state index contributed by atoms with van der Waals surface area (Å²) in [6, 6.07) is 9.23. The second kappa shape index (κ2) is 5.51. The first-order chi connectivity index (χ1) is 7.84. The van der Waals surface area contributed by atoms with Gasteiger partial charge in [-0.15, -0.1) is 0 Å². The molecule has 1 fully saturated rings. The third kappa shape index (κ3) is 3.24. The van der Waals surface area contributed by atoms with E-state index in [0.29, 0.717) is 6.61 Å². The van der Waals surface area contributed by atoms with E-state index < -0.39 is 6.09 Å². The summed E-state index contributed by atoms with van der Waals surface area (Å²) < 4.78 is 10.4. The lowest BCUT2D eigenvalue weighted by atomic mass is 10.2. The monoisotopic (exact) mass is 223 g/mol. The van der Waals surface area contributed by atoms with Crippen molar-refractivity contribution in [2.45, 2.75) is 18.9 Å². The van der Waals surface area contributed by atoms with E-state index in [1.54, 1.807) is 0 Å². The van der Waals surface area contributed by atoms with Gasteiger partial charge in [0, 0.05) is 13.7 Å². The predicted octanol–water partition coefficient (Wildman–Crippen LogP) is 2.66. The Labute approximate surface area is 96.0 Å². The van der Waals surface area contributed by atoms with E-state index in [1.165, 1.54) is 0 Å². The van der Waals surface area contributed by atoms with Gasteiger partial charge in [0.05, 0.1) is 6.10 Å². The van der Waals surface area contributed by atoms with E-state index in [0.717, 1.165) is 25.1 Å². The number of amides is 1. The molecule has 0 aromatic heterocycles. The largest absolute Gasteiger partial charge is 0.447 e. The van der Waals surface area contributed by atoms with Crippen LogP contribution in [0, 0.1) is 0 Å². The van der Waals surface area contributed by atoms with Crippen LogP contribution >= 0.6 is 0 Å². The lowest BCUT2D eigenvalue weighted by molar-refractivity contribution is 0.0484. The quantitative estimate of drug-likeness (QED) is 0.857. The first-order valence-corrected chi connectivity index (χ1v) is 5.45. The number of anilines is 1. The fourth-order valence-electron chi connectivity index (χ4n) is 1.62. The number of hydrogen-bond acceptors (Lipinski definition) is 3. The Hall–Kier alpha value is -1.55. The third-order valence-corrected chi connectivity index (χ3v) is 2.44. The molecular formula is C12H17NO3. The van der Waals surface area contributed by atoms with Crippen molar-refractivity contribution in [3.8, 4) is 0 Å². The fraction of sp³-hybridized carbons (Fsp3) is 0.417. The van der Waals surface area contributed by atoms with Crippen molar-refractivity contribution in [3.05, 3.63) is 30.3 Å². The van der Waals surface area contributed by atoms with Gasteiger partial charge in [-0.1, -0.05) is 18.2 Å². The molecule has 1 aromatic rings. The summed E-state index contributed by atoms with van der Waals surface area (Å²) in [6.07, 6.45) is 1.66. The van der Waals surface area contributed by atoms with Crippen LogP contribution in [0.15, 0.2) is 30.3 Å². The van der Waals surface area contributed by atoms with E-state index in [-0.39, 0.29) is 7.53 Å². The highest BCUT2D eigenvalue weighted by molar-refractivity contribution is 5.84. The number of benzene rings is 1. The highest BCUT2D eigenvalue weighted by Gasteiger charge is 2.17. The number of carbonyl (C=O) groups is 1. The smallest absolute Gasteiger partial charge is 0.411 e. The zero-order chi connectivity index (χ0) is 11.2. The third-order valence-electron chi connectivity index (χ3n) is 2.44. The average molecular weight is 223 g/mol. The Morgan fingerprint density at radius 2 is 2.31 bits per heavy atom. The van der Waals surface area contributed by atoms with Gasteiger partial charge < -0.3 is 9.47 Å². The normalized spacial score (nSPS) is 19.4. The predicted molar refractivity (Wildman–Crippen MR) is 62.5 cm³/mol. The molecule has 1 amide bonds. The Bertz CT molecular complexity index is 339. The van der Waals surface area contributed by atoms with E-state index in [4.69, 9.17) is 9.47 Å². The maximum absolute atomic E-state index is 11.4. The minimum absolute atomic E-state index is 0. The number of nitrogens with one attached hydrogen (secondary N) is 1. The number of para-hydroxylation sites is 1. The van der Waals surface area contributed by atoms with Crippen LogP contribution in [0.25, 0.3) is 0 Å². The molecular weight excluding hydrogens is 206 g/mol. The molecule has 4 nitrogen and oxygen atoms in total. The molecule has 4 heteroatoms. The van der Waals surface area contributed by atoms with Crippen molar-refractivity contribution in [1.82, 2.24) is 0 Å². The molecule has 1 saturated heterocycles. The molecule has 16 heavy (non-hydrogen) atoms. The molecule has 2 rings (SSSR count). The zero-order valence-electron chi connectivity index (χ0n) is 9.02. The highest BCUT2D eigenvalue weighted by atomic mass is 16.6. The summed E-state index contributed by atoms with van der Waals surface area (Å²) in [5.41, 5.74) is 0.736. The molecule has 0 saturated carbocycles. The molecule has 1 atom stereocenters. The van der Waals surface area contributed by atoms with Crippen LogP contribution in [-0.4, -0.2) is 25.4 Å². The zero-order valence-corrected chi connectivity index (χ0v) is 9.02. The lowest BCUT2D eigenvalue weighted by Crippen LogP contribution is -2.21. The van der Waals surface area contributed by atoms with Gasteiger partial charge in [-0.05, 0) is 25.0 Å². The van der Waals surface area contributed by atoms with Crippen molar-refractivity contribution in [2.75, 3.05) is 18.5 Å². The van der Waals surface area contributed by atoms with Gasteiger partial charge in [-0.3, -0.25) is 5.32 Å². The van der Waals surface area contributed by atoms with Crippen LogP contribution in [0.3, 0.4) is 0 Å². The van der Waals surface area contributed by atoms with Gasteiger partial charge in [0.15, 0.2) is 0 Å². The minimum Gasteiger partial charge on any atom is -0.447 e. The minimum atomic E-state index is -0.429. The molecule has 1 aromatic carbocycles. The summed E-state index contributed by atoms with van der Waals surface area (Å²) in [5.74, 6) is 0. The average Bonchev–Trinajstić information content (AvgIpc) is 2.81. The second-order valence-corrected chi connectivity index (χ2v) is 3.72. The molecule has 0 radical (unpaired) electrons. The number of hydrogen-bond donors (Lipinski definition) is 1. The van der Waals surface area contributed by atoms with Crippen LogP contribution in [0.5, 0.6) is 0 Å². The van der Waals surface area contributed by atoms with Gasteiger partial charge in [0.25, 0.3) is 0 Å². The second-order valence-electron chi connectivity index (χ2n) is 3.72. The van der Waals surface area contributed by atoms with Gasteiger partial charge in [-0.25, -0.2) is 4.79 Å². The number of carbonyl (C=O) groups excluding carboxylic acids is 1. The van der Waals surface area contributed by atoms with Crippen molar-refractivity contribution in [1.29, 1.82) is 0 Å². The van der Waals surface area contributed by atoms with E-state index in [2.05, 4.69) is 5.32 Å².